The number of carbonyl (C=O) groups excluding carboxylic acids is 2. The average molecular weight is 301 g/mol. The van der Waals surface area contributed by atoms with Gasteiger partial charge in [-0.2, -0.15) is 0 Å². The number of nitrogens with zero attached hydrogens (tertiary/aromatic N) is 1. The maximum atomic E-state index is 12.5. The fraction of sp³-hybridized carbons (Fsp3) is 0.588. The Morgan fingerprint density at radius 3 is 3.00 bits per heavy atom. The largest absolute Gasteiger partial charge is 0.355 e. The number of nitrogens with one attached hydrogen (secondary N) is 2. The zero-order chi connectivity index (χ0) is 15.4. The molecule has 2 N–H and O–H groups in total. The van der Waals surface area contributed by atoms with Crippen LogP contribution < -0.4 is 10.6 Å². The van der Waals surface area contributed by atoms with Crippen molar-refractivity contribution in [2.75, 3.05) is 6.54 Å². The number of piperidine rings is 1. The van der Waals surface area contributed by atoms with Crippen molar-refractivity contribution in [3.8, 4) is 0 Å². The van der Waals surface area contributed by atoms with Crippen molar-refractivity contribution in [2.45, 2.75) is 44.6 Å². The normalized spacial score (nSPS) is 27.6. The van der Waals surface area contributed by atoms with Gasteiger partial charge in [0.25, 0.3) is 0 Å². The summed E-state index contributed by atoms with van der Waals surface area (Å²) in [7, 11) is 0. The molecular weight excluding hydrogens is 278 g/mol. The molecule has 0 aromatic carbocycles. The second-order valence-electron chi connectivity index (χ2n) is 6.30. The van der Waals surface area contributed by atoms with E-state index in [0.717, 1.165) is 37.8 Å². The maximum absolute atomic E-state index is 12.5. The quantitative estimate of drug-likeness (QED) is 0.884. The molecule has 1 saturated carbocycles. The Morgan fingerprint density at radius 1 is 1.32 bits per heavy atom. The molecule has 1 aliphatic heterocycles. The van der Waals surface area contributed by atoms with E-state index in [2.05, 4.69) is 15.6 Å². The van der Waals surface area contributed by atoms with E-state index in [1.54, 1.807) is 6.20 Å². The molecule has 1 saturated heterocycles. The van der Waals surface area contributed by atoms with Crippen LogP contribution in [0.25, 0.3) is 0 Å². The molecule has 5 nitrogen and oxygen atoms in total. The molecule has 118 valence electrons. The third-order valence-electron chi connectivity index (χ3n) is 4.83. The van der Waals surface area contributed by atoms with Gasteiger partial charge in [0.15, 0.2) is 0 Å². The molecule has 2 heterocycles. The van der Waals surface area contributed by atoms with Crippen molar-refractivity contribution in [1.82, 2.24) is 15.6 Å². The minimum atomic E-state index is -0.164. The SMILES string of the molecule is O=C1CC(C(=O)NCCc2ccccn2)C2CCCCC2N1. The van der Waals surface area contributed by atoms with E-state index < -0.39 is 0 Å². The monoisotopic (exact) mass is 301 g/mol. The molecule has 3 rings (SSSR count). The standard InChI is InChI=1S/C17H23N3O2/c21-16-11-14(13-6-1-2-7-15(13)20-16)17(22)19-10-8-12-5-3-4-9-18-12/h3-5,9,13-15H,1-2,6-8,10-11H2,(H,19,22)(H,20,21). The van der Waals surface area contributed by atoms with Gasteiger partial charge >= 0.3 is 0 Å². The Hall–Kier alpha value is -1.91. The van der Waals surface area contributed by atoms with Gasteiger partial charge in [-0.25, -0.2) is 0 Å². The van der Waals surface area contributed by atoms with Crippen LogP contribution >= 0.6 is 0 Å². The van der Waals surface area contributed by atoms with Gasteiger partial charge in [-0.15, -0.1) is 0 Å². The summed E-state index contributed by atoms with van der Waals surface area (Å²) in [6.45, 7) is 0.575. The number of hydrogen-bond acceptors (Lipinski definition) is 3. The molecule has 1 aromatic rings. The van der Waals surface area contributed by atoms with Crippen LogP contribution in [0.1, 0.15) is 37.8 Å². The second-order valence-corrected chi connectivity index (χ2v) is 6.30. The summed E-state index contributed by atoms with van der Waals surface area (Å²) in [6, 6.07) is 5.98. The zero-order valence-electron chi connectivity index (χ0n) is 12.8. The minimum absolute atomic E-state index is 0.0213. The van der Waals surface area contributed by atoms with E-state index in [9.17, 15) is 9.59 Å². The van der Waals surface area contributed by atoms with Gasteiger partial charge in [-0.05, 0) is 30.9 Å². The van der Waals surface area contributed by atoms with Gasteiger partial charge in [0.05, 0.1) is 5.92 Å². The zero-order valence-corrected chi connectivity index (χ0v) is 12.8. The van der Waals surface area contributed by atoms with Gasteiger partial charge in [0, 0.05) is 37.3 Å². The van der Waals surface area contributed by atoms with Crippen molar-refractivity contribution in [2.24, 2.45) is 11.8 Å². The van der Waals surface area contributed by atoms with Crippen molar-refractivity contribution in [3.63, 3.8) is 0 Å². The molecule has 1 aliphatic carbocycles. The van der Waals surface area contributed by atoms with Gasteiger partial charge in [-0.1, -0.05) is 18.9 Å². The van der Waals surface area contributed by atoms with Crippen molar-refractivity contribution >= 4 is 11.8 Å². The summed E-state index contributed by atoms with van der Waals surface area (Å²) >= 11 is 0. The molecule has 2 aliphatic rings. The molecule has 3 unspecified atom stereocenters. The average Bonchev–Trinajstić information content (AvgIpc) is 2.55. The number of rotatable bonds is 4. The Balaban J connectivity index is 1.55. The molecule has 3 atom stereocenters. The van der Waals surface area contributed by atoms with Crippen LogP contribution in [0.15, 0.2) is 24.4 Å². The van der Waals surface area contributed by atoms with E-state index in [-0.39, 0.29) is 23.8 Å². The van der Waals surface area contributed by atoms with Gasteiger partial charge in [0.1, 0.15) is 0 Å². The fourth-order valence-electron chi connectivity index (χ4n) is 3.72. The van der Waals surface area contributed by atoms with Gasteiger partial charge in [-0.3, -0.25) is 14.6 Å². The lowest BCUT2D eigenvalue weighted by atomic mass is 9.72. The third-order valence-corrected chi connectivity index (χ3v) is 4.83. The summed E-state index contributed by atoms with van der Waals surface area (Å²) in [5.74, 6) is 0.194. The summed E-state index contributed by atoms with van der Waals surface area (Å²) in [4.78, 5) is 28.6. The third kappa shape index (κ3) is 3.46. The van der Waals surface area contributed by atoms with E-state index in [1.165, 1.54) is 0 Å². The molecular formula is C17H23N3O2. The van der Waals surface area contributed by atoms with Crippen molar-refractivity contribution < 1.29 is 9.59 Å². The minimum Gasteiger partial charge on any atom is -0.355 e. The Morgan fingerprint density at radius 2 is 2.18 bits per heavy atom. The first-order chi connectivity index (χ1) is 10.7. The summed E-state index contributed by atoms with van der Waals surface area (Å²) in [5, 5.41) is 6.05. The molecule has 22 heavy (non-hydrogen) atoms. The fourth-order valence-corrected chi connectivity index (χ4v) is 3.72. The van der Waals surface area contributed by atoms with Crippen LogP contribution in [0.4, 0.5) is 0 Å². The number of aromatic nitrogens is 1. The molecule has 0 bridgehead atoms. The van der Waals surface area contributed by atoms with Crippen LogP contribution in [0, 0.1) is 11.8 Å². The smallest absolute Gasteiger partial charge is 0.224 e. The number of carbonyl (C=O) groups is 2. The number of fused-ring (bicyclic) bond motifs is 1. The summed E-state index contributed by atoms with van der Waals surface area (Å²) in [6.07, 6.45) is 7.17. The Kier molecular flexibility index (Phi) is 4.71. The summed E-state index contributed by atoms with van der Waals surface area (Å²) in [5.41, 5.74) is 0.972. The number of hydrogen-bond donors (Lipinski definition) is 2. The van der Waals surface area contributed by atoms with Crippen LogP contribution in [-0.2, 0) is 16.0 Å². The molecule has 0 radical (unpaired) electrons. The lowest BCUT2D eigenvalue weighted by molar-refractivity contribution is -0.137. The van der Waals surface area contributed by atoms with E-state index in [1.807, 2.05) is 18.2 Å². The van der Waals surface area contributed by atoms with Crippen molar-refractivity contribution in [3.05, 3.63) is 30.1 Å². The highest BCUT2D eigenvalue weighted by atomic mass is 16.2. The molecule has 1 aromatic heterocycles. The highest BCUT2D eigenvalue weighted by Crippen LogP contribution is 2.35. The van der Waals surface area contributed by atoms with Crippen LogP contribution in [0.3, 0.4) is 0 Å². The van der Waals surface area contributed by atoms with Crippen LogP contribution in [0.5, 0.6) is 0 Å². The lowest BCUT2D eigenvalue weighted by Crippen LogP contribution is -2.54. The molecule has 5 heteroatoms. The highest BCUT2D eigenvalue weighted by molar-refractivity contribution is 5.87. The predicted molar refractivity (Wildman–Crippen MR) is 82.9 cm³/mol. The van der Waals surface area contributed by atoms with E-state index in [0.29, 0.717) is 18.9 Å². The summed E-state index contributed by atoms with van der Waals surface area (Å²) < 4.78 is 0. The molecule has 2 amide bonds. The first-order valence-corrected chi connectivity index (χ1v) is 8.21. The van der Waals surface area contributed by atoms with Crippen LogP contribution in [0.2, 0.25) is 0 Å². The maximum Gasteiger partial charge on any atom is 0.224 e. The van der Waals surface area contributed by atoms with E-state index in [4.69, 9.17) is 0 Å². The molecule has 0 spiro atoms. The van der Waals surface area contributed by atoms with Crippen LogP contribution in [-0.4, -0.2) is 29.4 Å². The highest BCUT2D eigenvalue weighted by Gasteiger charge is 2.41. The second kappa shape index (κ2) is 6.90. The first-order valence-electron chi connectivity index (χ1n) is 8.21. The topological polar surface area (TPSA) is 71.1 Å². The Bertz CT molecular complexity index is 532. The van der Waals surface area contributed by atoms with Gasteiger partial charge in [0.2, 0.25) is 11.8 Å². The molecule has 2 fully saturated rings. The lowest BCUT2D eigenvalue weighted by Gasteiger charge is -2.40. The Labute approximate surface area is 130 Å². The van der Waals surface area contributed by atoms with E-state index >= 15 is 0 Å². The van der Waals surface area contributed by atoms with Crippen molar-refractivity contribution in [1.29, 1.82) is 0 Å². The first kappa shape index (κ1) is 15.0. The number of pyridine rings is 1. The predicted octanol–water partition coefficient (Wildman–Crippen LogP) is 1.44. The number of amides is 2. The van der Waals surface area contributed by atoms with Gasteiger partial charge < -0.3 is 10.6 Å².